The molecule has 0 aliphatic rings. The molecule has 0 atom stereocenters. The van der Waals surface area contributed by atoms with Crippen LogP contribution in [0.15, 0.2) is 42.7 Å². The number of primary amides is 1. The van der Waals surface area contributed by atoms with Gasteiger partial charge in [-0.2, -0.15) is 13.2 Å². The summed E-state index contributed by atoms with van der Waals surface area (Å²) >= 11 is 0. The summed E-state index contributed by atoms with van der Waals surface area (Å²) in [6, 6.07) is 5.29. The molecule has 3 rings (SSSR count). The predicted molar refractivity (Wildman–Crippen MR) is 81.1 cm³/mol. The number of fused-ring (bicyclic) bond motifs is 1. The van der Waals surface area contributed by atoms with Crippen LogP contribution in [0.25, 0.3) is 16.6 Å². The molecule has 0 fully saturated rings. The molecular weight excluding hydrogens is 339 g/mol. The number of aromatic nitrogens is 2. The summed E-state index contributed by atoms with van der Waals surface area (Å²) in [4.78, 5) is 26.2. The van der Waals surface area contributed by atoms with Gasteiger partial charge in [0.25, 0.3) is 5.91 Å². The van der Waals surface area contributed by atoms with Gasteiger partial charge >= 0.3 is 12.1 Å². The number of hydrogen-bond acceptors (Lipinski definition) is 3. The minimum atomic E-state index is -4.66. The van der Waals surface area contributed by atoms with Gasteiger partial charge < -0.3 is 10.8 Å². The highest BCUT2D eigenvalue weighted by Crippen LogP contribution is 2.38. The predicted octanol–water partition coefficient (Wildman–Crippen LogP) is 2.82. The maximum Gasteiger partial charge on any atom is 0.417 e. The lowest BCUT2D eigenvalue weighted by Gasteiger charge is -2.14. The van der Waals surface area contributed by atoms with Crippen molar-refractivity contribution < 1.29 is 27.9 Å². The third-order valence-electron chi connectivity index (χ3n) is 3.64. The number of carboxylic acids is 1. The van der Waals surface area contributed by atoms with Gasteiger partial charge in [0.1, 0.15) is 0 Å². The average molecular weight is 349 g/mol. The molecule has 3 N–H and O–H groups in total. The molecule has 0 bridgehead atoms. The van der Waals surface area contributed by atoms with Crippen molar-refractivity contribution in [3.63, 3.8) is 0 Å². The van der Waals surface area contributed by atoms with E-state index in [4.69, 9.17) is 10.8 Å². The second kappa shape index (κ2) is 5.62. The molecule has 3 aromatic rings. The summed E-state index contributed by atoms with van der Waals surface area (Å²) in [7, 11) is 0. The molecule has 0 aliphatic carbocycles. The van der Waals surface area contributed by atoms with E-state index in [-0.39, 0.29) is 22.5 Å². The third kappa shape index (κ3) is 2.91. The lowest BCUT2D eigenvalue weighted by molar-refractivity contribution is -0.137. The van der Waals surface area contributed by atoms with Gasteiger partial charge in [0.05, 0.1) is 22.8 Å². The van der Waals surface area contributed by atoms with Crippen molar-refractivity contribution in [2.24, 2.45) is 5.73 Å². The first kappa shape index (κ1) is 16.5. The Labute approximate surface area is 138 Å². The van der Waals surface area contributed by atoms with Gasteiger partial charge in [-0.15, -0.1) is 0 Å². The topological polar surface area (TPSA) is 97.7 Å². The molecule has 9 heteroatoms. The van der Waals surface area contributed by atoms with Crippen molar-refractivity contribution in [3.8, 4) is 11.1 Å². The maximum absolute atomic E-state index is 13.3. The first-order valence-electron chi connectivity index (χ1n) is 6.90. The molecule has 25 heavy (non-hydrogen) atoms. The summed E-state index contributed by atoms with van der Waals surface area (Å²) in [6.07, 6.45) is -2.01. The zero-order chi connectivity index (χ0) is 18.4. The first-order valence-corrected chi connectivity index (χ1v) is 6.90. The number of amides is 1. The highest BCUT2D eigenvalue weighted by Gasteiger charge is 2.34. The minimum Gasteiger partial charge on any atom is -0.478 e. The Bertz CT molecular complexity index is 1010. The van der Waals surface area contributed by atoms with Crippen LogP contribution in [0.5, 0.6) is 0 Å². The van der Waals surface area contributed by atoms with E-state index in [1.165, 1.54) is 28.9 Å². The minimum absolute atomic E-state index is 0.0584. The number of benzene rings is 1. The zero-order valence-electron chi connectivity index (χ0n) is 12.4. The number of nitrogens with two attached hydrogens (primary N) is 1. The smallest absolute Gasteiger partial charge is 0.417 e. The molecule has 128 valence electrons. The fourth-order valence-electron chi connectivity index (χ4n) is 2.51. The number of imidazole rings is 1. The lowest BCUT2D eigenvalue weighted by atomic mass is 9.97. The van der Waals surface area contributed by atoms with Crippen LogP contribution < -0.4 is 5.73 Å². The highest BCUT2D eigenvalue weighted by molar-refractivity contribution is 5.91. The summed E-state index contributed by atoms with van der Waals surface area (Å²) in [5.74, 6) is -2.18. The van der Waals surface area contributed by atoms with Crippen molar-refractivity contribution in [3.05, 3.63) is 59.7 Å². The van der Waals surface area contributed by atoms with E-state index in [9.17, 15) is 22.8 Å². The molecular formula is C16H10F3N3O3. The van der Waals surface area contributed by atoms with Gasteiger partial charge in [-0.25, -0.2) is 9.78 Å². The second-order valence-electron chi connectivity index (χ2n) is 5.22. The Morgan fingerprint density at radius 2 is 1.88 bits per heavy atom. The highest BCUT2D eigenvalue weighted by atomic mass is 19.4. The number of halogens is 3. The molecule has 0 saturated heterocycles. The molecule has 6 nitrogen and oxygen atoms in total. The van der Waals surface area contributed by atoms with E-state index in [1.54, 1.807) is 0 Å². The Morgan fingerprint density at radius 1 is 1.16 bits per heavy atom. The number of aromatic carboxylic acids is 1. The normalized spacial score (nSPS) is 11.6. The van der Waals surface area contributed by atoms with E-state index in [0.29, 0.717) is 5.52 Å². The maximum atomic E-state index is 13.3. The Kier molecular flexibility index (Phi) is 3.71. The van der Waals surface area contributed by atoms with Crippen LogP contribution in [0.1, 0.15) is 26.5 Å². The second-order valence-corrected chi connectivity index (χ2v) is 5.22. The van der Waals surface area contributed by atoms with Crippen molar-refractivity contribution in [2.45, 2.75) is 6.18 Å². The summed E-state index contributed by atoms with van der Waals surface area (Å²) in [5.41, 5.74) is 4.15. The van der Waals surface area contributed by atoms with Crippen molar-refractivity contribution >= 4 is 17.4 Å². The zero-order valence-corrected chi connectivity index (χ0v) is 12.4. The Balaban J connectivity index is 2.24. The largest absolute Gasteiger partial charge is 0.478 e. The summed E-state index contributed by atoms with van der Waals surface area (Å²) in [5, 5.41) is 9.04. The standard InChI is InChI=1S/C16H10F3N3O3/c17-16(18,19)12-2-1-9(15(24)25)6-11(12)8-3-4-22-10(5-8)7-21-14(22)13(20)23/h1-7H,(H2,20,23)(H,24,25). The summed E-state index contributed by atoms with van der Waals surface area (Å²) in [6.45, 7) is 0. The Hall–Kier alpha value is -3.36. The molecule has 2 heterocycles. The summed E-state index contributed by atoms with van der Waals surface area (Å²) < 4.78 is 41.1. The number of pyridine rings is 1. The van der Waals surface area contributed by atoms with Gasteiger partial charge in [-0.1, -0.05) is 0 Å². The van der Waals surface area contributed by atoms with Crippen LogP contribution in [0, 0.1) is 0 Å². The number of nitrogens with zero attached hydrogens (tertiary/aromatic N) is 2. The quantitative estimate of drug-likeness (QED) is 0.760. The van der Waals surface area contributed by atoms with Gasteiger partial charge in [0.15, 0.2) is 0 Å². The van der Waals surface area contributed by atoms with E-state index < -0.39 is 23.6 Å². The molecule has 0 spiro atoms. The lowest BCUT2D eigenvalue weighted by Crippen LogP contribution is -2.15. The number of carbonyl (C=O) groups is 2. The van der Waals surface area contributed by atoms with E-state index in [2.05, 4.69) is 4.98 Å². The SMILES string of the molecule is NC(=O)c1ncc2cc(-c3cc(C(=O)O)ccc3C(F)(F)F)ccn12. The number of hydrogen-bond donors (Lipinski definition) is 2. The first-order chi connectivity index (χ1) is 11.7. The fourth-order valence-corrected chi connectivity index (χ4v) is 2.51. The number of carbonyl (C=O) groups excluding carboxylic acids is 1. The molecule has 1 amide bonds. The monoisotopic (exact) mass is 349 g/mol. The van der Waals surface area contributed by atoms with Crippen LogP contribution in [0.2, 0.25) is 0 Å². The molecule has 0 radical (unpaired) electrons. The van der Waals surface area contributed by atoms with Crippen LogP contribution >= 0.6 is 0 Å². The number of rotatable bonds is 3. The fraction of sp³-hybridized carbons (Fsp3) is 0.0625. The van der Waals surface area contributed by atoms with Gasteiger partial charge in [-0.3, -0.25) is 9.20 Å². The van der Waals surface area contributed by atoms with Crippen LogP contribution in [-0.4, -0.2) is 26.4 Å². The molecule has 2 aromatic heterocycles. The van der Waals surface area contributed by atoms with E-state index in [0.717, 1.165) is 18.2 Å². The van der Waals surface area contributed by atoms with Crippen LogP contribution in [-0.2, 0) is 6.18 Å². The van der Waals surface area contributed by atoms with Gasteiger partial charge in [0, 0.05) is 6.20 Å². The number of alkyl halides is 3. The Morgan fingerprint density at radius 3 is 2.48 bits per heavy atom. The van der Waals surface area contributed by atoms with Gasteiger partial charge in [0.2, 0.25) is 5.82 Å². The molecule has 1 aromatic carbocycles. The van der Waals surface area contributed by atoms with Crippen LogP contribution in [0.4, 0.5) is 13.2 Å². The molecule has 0 unspecified atom stereocenters. The molecule has 0 aliphatic heterocycles. The van der Waals surface area contributed by atoms with Crippen molar-refractivity contribution in [1.29, 1.82) is 0 Å². The van der Waals surface area contributed by atoms with E-state index >= 15 is 0 Å². The number of carboxylic acid groups (broad SMARTS) is 1. The van der Waals surface area contributed by atoms with E-state index in [1.807, 2.05) is 0 Å². The average Bonchev–Trinajstić information content (AvgIpc) is 2.96. The van der Waals surface area contributed by atoms with Crippen LogP contribution in [0.3, 0.4) is 0 Å². The van der Waals surface area contributed by atoms with Crippen molar-refractivity contribution in [2.75, 3.05) is 0 Å². The van der Waals surface area contributed by atoms with Crippen molar-refractivity contribution in [1.82, 2.24) is 9.38 Å². The molecule has 0 saturated carbocycles. The van der Waals surface area contributed by atoms with Gasteiger partial charge in [-0.05, 0) is 41.5 Å². The third-order valence-corrected chi connectivity index (χ3v) is 3.64.